The predicted octanol–water partition coefficient (Wildman–Crippen LogP) is 1.05. The van der Waals surface area contributed by atoms with Gasteiger partial charge in [0.05, 0.1) is 12.0 Å². The molecule has 0 radical (unpaired) electrons. The Balaban J connectivity index is 2.14. The summed E-state index contributed by atoms with van der Waals surface area (Å²) in [6, 6.07) is 11.0. The molecule has 1 aromatic carbocycles. The summed E-state index contributed by atoms with van der Waals surface area (Å²) in [5.41, 5.74) is 1.44. The second-order valence-corrected chi connectivity index (χ2v) is 4.15. The SMILES string of the molecule is CC(=O)NCCn1cnc(-c2ccccc2)cc1=O. The number of nitrogens with one attached hydrogen (secondary N) is 1. The second kappa shape index (κ2) is 5.95. The molecule has 19 heavy (non-hydrogen) atoms. The average molecular weight is 257 g/mol. The highest BCUT2D eigenvalue weighted by molar-refractivity contribution is 5.72. The van der Waals surface area contributed by atoms with Crippen molar-refractivity contribution in [2.75, 3.05) is 6.54 Å². The van der Waals surface area contributed by atoms with E-state index in [-0.39, 0.29) is 11.5 Å². The van der Waals surface area contributed by atoms with E-state index in [2.05, 4.69) is 10.3 Å². The minimum atomic E-state index is -0.126. The molecular formula is C14H15N3O2. The van der Waals surface area contributed by atoms with Crippen LogP contribution in [0.4, 0.5) is 0 Å². The predicted molar refractivity (Wildman–Crippen MR) is 72.6 cm³/mol. The molecule has 0 aliphatic rings. The van der Waals surface area contributed by atoms with Crippen molar-refractivity contribution in [3.05, 3.63) is 53.1 Å². The molecule has 0 fully saturated rings. The first kappa shape index (κ1) is 13.0. The number of aromatic nitrogens is 2. The number of rotatable bonds is 4. The quantitative estimate of drug-likeness (QED) is 0.890. The molecule has 98 valence electrons. The zero-order chi connectivity index (χ0) is 13.7. The lowest BCUT2D eigenvalue weighted by atomic mass is 10.1. The number of carbonyl (C=O) groups excluding carboxylic acids is 1. The van der Waals surface area contributed by atoms with E-state index in [1.807, 2.05) is 30.3 Å². The Morgan fingerprint density at radius 2 is 2.05 bits per heavy atom. The molecule has 0 aliphatic heterocycles. The smallest absolute Gasteiger partial charge is 0.253 e. The maximum absolute atomic E-state index is 11.9. The van der Waals surface area contributed by atoms with Crippen LogP contribution in [0.1, 0.15) is 6.92 Å². The van der Waals surface area contributed by atoms with E-state index in [4.69, 9.17) is 0 Å². The minimum absolute atomic E-state index is 0.109. The lowest BCUT2D eigenvalue weighted by Crippen LogP contribution is -2.29. The van der Waals surface area contributed by atoms with Gasteiger partial charge in [0, 0.05) is 31.6 Å². The third kappa shape index (κ3) is 3.51. The highest BCUT2D eigenvalue weighted by atomic mass is 16.1. The summed E-state index contributed by atoms with van der Waals surface area (Å²) in [6.45, 7) is 2.28. The summed E-state index contributed by atoms with van der Waals surface area (Å²) in [6.07, 6.45) is 1.51. The van der Waals surface area contributed by atoms with E-state index >= 15 is 0 Å². The molecule has 1 amide bonds. The fourth-order valence-corrected chi connectivity index (χ4v) is 1.71. The molecule has 5 heteroatoms. The molecule has 1 N–H and O–H groups in total. The van der Waals surface area contributed by atoms with Gasteiger partial charge in [-0.25, -0.2) is 4.98 Å². The Morgan fingerprint density at radius 1 is 1.32 bits per heavy atom. The van der Waals surface area contributed by atoms with E-state index in [0.29, 0.717) is 18.8 Å². The van der Waals surface area contributed by atoms with Crippen molar-refractivity contribution in [3.63, 3.8) is 0 Å². The lowest BCUT2D eigenvalue weighted by Gasteiger charge is -2.06. The van der Waals surface area contributed by atoms with E-state index in [1.165, 1.54) is 23.9 Å². The van der Waals surface area contributed by atoms with Crippen molar-refractivity contribution in [1.82, 2.24) is 14.9 Å². The van der Waals surface area contributed by atoms with Gasteiger partial charge in [-0.2, -0.15) is 0 Å². The molecular weight excluding hydrogens is 242 g/mol. The fraction of sp³-hybridized carbons (Fsp3) is 0.214. The fourth-order valence-electron chi connectivity index (χ4n) is 1.71. The monoisotopic (exact) mass is 257 g/mol. The topological polar surface area (TPSA) is 64.0 Å². The minimum Gasteiger partial charge on any atom is -0.355 e. The van der Waals surface area contributed by atoms with Gasteiger partial charge in [0.2, 0.25) is 5.91 Å². The second-order valence-electron chi connectivity index (χ2n) is 4.15. The van der Waals surface area contributed by atoms with Crippen molar-refractivity contribution in [2.45, 2.75) is 13.5 Å². The Morgan fingerprint density at radius 3 is 2.68 bits per heavy atom. The van der Waals surface area contributed by atoms with E-state index in [0.717, 1.165) is 5.56 Å². The molecule has 0 saturated heterocycles. The molecule has 0 unspecified atom stereocenters. The summed E-state index contributed by atoms with van der Waals surface area (Å²) in [5, 5.41) is 2.64. The molecule has 0 bridgehead atoms. The van der Waals surface area contributed by atoms with Crippen LogP contribution in [0, 0.1) is 0 Å². The van der Waals surface area contributed by atoms with Crippen LogP contribution in [-0.2, 0) is 11.3 Å². The molecule has 5 nitrogen and oxygen atoms in total. The van der Waals surface area contributed by atoms with Gasteiger partial charge in [0.15, 0.2) is 0 Å². The number of benzene rings is 1. The normalized spacial score (nSPS) is 10.2. The number of amides is 1. The van der Waals surface area contributed by atoms with Crippen LogP contribution in [0.25, 0.3) is 11.3 Å². The van der Waals surface area contributed by atoms with Crippen LogP contribution in [0.5, 0.6) is 0 Å². The van der Waals surface area contributed by atoms with E-state index in [9.17, 15) is 9.59 Å². The van der Waals surface area contributed by atoms with Crippen LogP contribution in [0.3, 0.4) is 0 Å². The third-order valence-electron chi connectivity index (χ3n) is 2.68. The summed E-state index contributed by atoms with van der Waals surface area (Å²) in [4.78, 5) is 26.9. The molecule has 1 heterocycles. The van der Waals surface area contributed by atoms with Crippen LogP contribution in [0.2, 0.25) is 0 Å². The molecule has 2 rings (SSSR count). The summed E-state index contributed by atoms with van der Waals surface area (Å²) in [7, 11) is 0. The first-order valence-corrected chi connectivity index (χ1v) is 6.03. The van der Waals surface area contributed by atoms with Crippen LogP contribution >= 0.6 is 0 Å². The Hall–Kier alpha value is -2.43. The number of carbonyl (C=O) groups is 1. The standard InChI is InChI=1S/C14H15N3O2/c1-11(18)15-7-8-17-10-16-13(9-14(17)19)12-5-3-2-4-6-12/h2-6,9-10H,7-8H2,1H3,(H,15,18). The molecule has 0 saturated carbocycles. The van der Waals surface area contributed by atoms with Gasteiger partial charge in [0.1, 0.15) is 0 Å². The van der Waals surface area contributed by atoms with Crippen LogP contribution in [0.15, 0.2) is 47.5 Å². The highest BCUT2D eigenvalue weighted by Gasteiger charge is 2.02. The van der Waals surface area contributed by atoms with Gasteiger partial charge < -0.3 is 5.32 Å². The molecule has 0 spiro atoms. The van der Waals surface area contributed by atoms with E-state index in [1.54, 1.807) is 0 Å². The van der Waals surface area contributed by atoms with Crippen molar-refractivity contribution < 1.29 is 4.79 Å². The van der Waals surface area contributed by atoms with Crippen molar-refractivity contribution in [1.29, 1.82) is 0 Å². The molecule has 0 aliphatic carbocycles. The van der Waals surface area contributed by atoms with Gasteiger partial charge in [0.25, 0.3) is 5.56 Å². The third-order valence-corrected chi connectivity index (χ3v) is 2.68. The molecule has 0 atom stereocenters. The lowest BCUT2D eigenvalue weighted by molar-refractivity contribution is -0.118. The number of hydrogen-bond acceptors (Lipinski definition) is 3. The first-order chi connectivity index (χ1) is 9.16. The van der Waals surface area contributed by atoms with Crippen molar-refractivity contribution in [2.24, 2.45) is 0 Å². The van der Waals surface area contributed by atoms with Crippen LogP contribution < -0.4 is 10.9 Å². The summed E-state index contributed by atoms with van der Waals surface area (Å²) >= 11 is 0. The average Bonchev–Trinajstić information content (AvgIpc) is 2.41. The van der Waals surface area contributed by atoms with Gasteiger partial charge >= 0.3 is 0 Å². The van der Waals surface area contributed by atoms with Gasteiger partial charge in [-0.1, -0.05) is 30.3 Å². The van der Waals surface area contributed by atoms with Crippen LogP contribution in [-0.4, -0.2) is 22.0 Å². The van der Waals surface area contributed by atoms with Gasteiger partial charge in [-0.15, -0.1) is 0 Å². The zero-order valence-electron chi connectivity index (χ0n) is 10.7. The van der Waals surface area contributed by atoms with Crippen molar-refractivity contribution >= 4 is 5.91 Å². The maximum atomic E-state index is 11.9. The number of nitrogens with zero attached hydrogens (tertiary/aromatic N) is 2. The molecule has 2 aromatic rings. The summed E-state index contributed by atoms with van der Waals surface area (Å²) in [5.74, 6) is -0.109. The first-order valence-electron chi connectivity index (χ1n) is 6.03. The zero-order valence-corrected chi connectivity index (χ0v) is 10.7. The maximum Gasteiger partial charge on any atom is 0.253 e. The summed E-state index contributed by atoms with van der Waals surface area (Å²) < 4.78 is 1.47. The highest BCUT2D eigenvalue weighted by Crippen LogP contribution is 2.13. The number of hydrogen-bond donors (Lipinski definition) is 1. The van der Waals surface area contributed by atoms with Gasteiger partial charge in [-0.3, -0.25) is 14.2 Å². The largest absolute Gasteiger partial charge is 0.355 e. The Bertz CT molecular complexity index is 620. The Labute approximate surface area is 110 Å². The molecule has 1 aromatic heterocycles. The Kier molecular flexibility index (Phi) is 4.07. The van der Waals surface area contributed by atoms with Crippen molar-refractivity contribution in [3.8, 4) is 11.3 Å². The van der Waals surface area contributed by atoms with E-state index < -0.39 is 0 Å². The van der Waals surface area contributed by atoms with Gasteiger partial charge in [-0.05, 0) is 0 Å².